The summed E-state index contributed by atoms with van der Waals surface area (Å²) >= 11 is 0. The van der Waals surface area contributed by atoms with Crippen LogP contribution in [-0.4, -0.2) is 23.8 Å². The number of aliphatic hydroxyl groups excluding tert-OH is 1. The lowest BCUT2D eigenvalue weighted by molar-refractivity contribution is -0.143. The monoisotopic (exact) mass is 374 g/mol. The lowest BCUT2D eigenvalue weighted by atomic mass is 10.1. The molecule has 3 heteroatoms. The number of hydrogen-bond donors (Lipinski definition) is 1. The van der Waals surface area contributed by atoms with Crippen molar-refractivity contribution in [2.24, 2.45) is 0 Å². The van der Waals surface area contributed by atoms with Crippen LogP contribution in [0.25, 0.3) is 0 Å². The summed E-state index contributed by atoms with van der Waals surface area (Å²) in [5.74, 6) is -0.0999. The maximum atomic E-state index is 11.2. The molecule has 0 aromatic rings. The van der Waals surface area contributed by atoms with Crippen LogP contribution in [0, 0.1) is 0 Å². The van der Waals surface area contributed by atoms with Crippen LogP contribution in [0.5, 0.6) is 0 Å². The normalized spacial score (nSPS) is 13.7. The molecule has 0 aromatic carbocycles. The molecule has 3 nitrogen and oxygen atoms in total. The number of unbranched alkanes of at least 4 members (excludes halogenated alkanes) is 3. The van der Waals surface area contributed by atoms with Gasteiger partial charge in [0.1, 0.15) is 0 Å². The molecule has 0 amide bonds. The molecule has 0 aromatic heterocycles. The Labute approximate surface area is 166 Å². The number of ether oxygens (including phenoxy) is 1. The number of carbonyl (C=O) groups is 1. The average Bonchev–Trinajstić information content (AvgIpc) is 2.65. The van der Waals surface area contributed by atoms with Crippen LogP contribution in [0.2, 0.25) is 0 Å². The van der Waals surface area contributed by atoms with Gasteiger partial charge in [-0.1, -0.05) is 74.1 Å². The van der Waals surface area contributed by atoms with Crippen molar-refractivity contribution in [2.75, 3.05) is 6.61 Å². The Morgan fingerprint density at radius 1 is 0.889 bits per heavy atom. The molecule has 0 aliphatic rings. The van der Waals surface area contributed by atoms with E-state index in [0.29, 0.717) is 19.4 Å². The largest absolute Gasteiger partial charge is 0.466 e. The fourth-order valence-corrected chi connectivity index (χ4v) is 2.34. The van der Waals surface area contributed by atoms with E-state index in [-0.39, 0.29) is 5.97 Å². The first kappa shape index (κ1) is 25.1. The Morgan fingerprint density at radius 2 is 1.63 bits per heavy atom. The van der Waals surface area contributed by atoms with Gasteiger partial charge in [-0.25, -0.2) is 0 Å². The van der Waals surface area contributed by atoms with Gasteiger partial charge in [0.2, 0.25) is 0 Å². The zero-order chi connectivity index (χ0) is 20.0. The van der Waals surface area contributed by atoms with Crippen molar-refractivity contribution < 1.29 is 14.6 Å². The Morgan fingerprint density at radius 3 is 2.37 bits per heavy atom. The second-order valence-electron chi connectivity index (χ2n) is 6.31. The summed E-state index contributed by atoms with van der Waals surface area (Å²) in [6.45, 7) is 4.42. The molecule has 27 heavy (non-hydrogen) atoms. The van der Waals surface area contributed by atoms with E-state index in [9.17, 15) is 9.90 Å². The second kappa shape index (κ2) is 20.4. The Bertz CT molecular complexity index is 484. The SMILES string of the molecule is CCC=CCC=CCC=CC=CC(O)CC=CCCCCCC(=O)OCC. The Balaban J connectivity index is 3.63. The van der Waals surface area contributed by atoms with E-state index in [2.05, 4.69) is 43.4 Å². The van der Waals surface area contributed by atoms with E-state index in [1.807, 2.05) is 31.2 Å². The highest BCUT2D eigenvalue weighted by Crippen LogP contribution is 2.06. The molecule has 152 valence electrons. The maximum Gasteiger partial charge on any atom is 0.305 e. The number of aliphatic hydroxyl groups is 1. The van der Waals surface area contributed by atoms with Crippen LogP contribution in [0.4, 0.5) is 0 Å². The lowest BCUT2D eigenvalue weighted by Crippen LogP contribution is -2.02. The van der Waals surface area contributed by atoms with Gasteiger partial charge < -0.3 is 9.84 Å². The van der Waals surface area contributed by atoms with Gasteiger partial charge in [-0.2, -0.15) is 0 Å². The number of allylic oxidation sites excluding steroid dienone is 8. The summed E-state index contributed by atoms with van der Waals surface area (Å²) in [6, 6.07) is 0. The molecular formula is C24H38O3. The average molecular weight is 375 g/mol. The van der Waals surface area contributed by atoms with Crippen LogP contribution >= 0.6 is 0 Å². The third-order valence-electron chi connectivity index (χ3n) is 3.80. The van der Waals surface area contributed by atoms with Crippen molar-refractivity contribution in [3.63, 3.8) is 0 Å². The van der Waals surface area contributed by atoms with Crippen LogP contribution in [-0.2, 0) is 9.53 Å². The third-order valence-corrected chi connectivity index (χ3v) is 3.80. The smallest absolute Gasteiger partial charge is 0.305 e. The summed E-state index contributed by atoms with van der Waals surface area (Å²) in [7, 11) is 0. The van der Waals surface area contributed by atoms with Crippen LogP contribution in [0.1, 0.15) is 71.6 Å². The minimum absolute atomic E-state index is 0.0999. The third kappa shape index (κ3) is 20.3. The van der Waals surface area contributed by atoms with Gasteiger partial charge in [0.15, 0.2) is 0 Å². The summed E-state index contributed by atoms with van der Waals surface area (Å²) in [6.07, 6.45) is 28.2. The van der Waals surface area contributed by atoms with Gasteiger partial charge in [-0.05, 0) is 51.9 Å². The standard InChI is InChI=1S/C24H38O3/c1-3-5-6-7-8-9-10-11-14-17-20-23(25)21-18-15-12-13-16-19-22-24(26)27-4-2/h5-6,8-9,11,14-15,17-18,20,23,25H,3-4,7,10,12-13,16,19,21-22H2,1-2H3. The molecule has 0 fully saturated rings. The highest BCUT2D eigenvalue weighted by Gasteiger charge is 1.99. The van der Waals surface area contributed by atoms with Gasteiger partial charge in [0, 0.05) is 6.42 Å². The summed E-state index contributed by atoms with van der Waals surface area (Å²) in [5.41, 5.74) is 0. The number of esters is 1. The molecule has 0 spiro atoms. The highest BCUT2D eigenvalue weighted by atomic mass is 16.5. The van der Waals surface area contributed by atoms with E-state index in [0.717, 1.165) is 44.9 Å². The topological polar surface area (TPSA) is 46.5 Å². The van der Waals surface area contributed by atoms with Crippen molar-refractivity contribution in [2.45, 2.75) is 77.7 Å². The predicted octanol–water partition coefficient (Wildman–Crippen LogP) is 6.22. The van der Waals surface area contributed by atoms with Crippen molar-refractivity contribution in [1.29, 1.82) is 0 Å². The molecule has 0 aliphatic heterocycles. The molecule has 0 aliphatic carbocycles. The van der Waals surface area contributed by atoms with Crippen molar-refractivity contribution in [1.82, 2.24) is 0 Å². The van der Waals surface area contributed by atoms with Crippen molar-refractivity contribution >= 4 is 5.97 Å². The Kier molecular flexibility index (Phi) is 19.0. The van der Waals surface area contributed by atoms with E-state index in [4.69, 9.17) is 4.74 Å². The minimum Gasteiger partial charge on any atom is -0.466 e. The first-order valence-corrected chi connectivity index (χ1v) is 10.3. The van der Waals surface area contributed by atoms with E-state index in [1.54, 1.807) is 0 Å². The van der Waals surface area contributed by atoms with Crippen LogP contribution in [0.15, 0.2) is 60.8 Å². The zero-order valence-electron chi connectivity index (χ0n) is 17.2. The first-order chi connectivity index (χ1) is 13.2. The molecule has 0 radical (unpaired) electrons. The predicted molar refractivity (Wildman–Crippen MR) is 116 cm³/mol. The number of hydrogen-bond acceptors (Lipinski definition) is 3. The van der Waals surface area contributed by atoms with E-state index in [1.165, 1.54) is 0 Å². The zero-order valence-corrected chi connectivity index (χ0v) is 17.2. The molecular weight excluding hydrogens is 336 g/mol. The molecule has 1 unspecified atom stereocenters. The molecule has 0 heterocycles. The number of carbonyl (C=O) groups excluding carboxylic acids is 1. The lowest BCUT2D eigenvalue weighted by Gasteiger charge is -2.01. The Hall–Kier alpha value is -1.87. The number of rotatable bonds is 16. The minimum atomic E-state index is -0.440. The maximum absolute atomic E-state index is 11.2. The van der Waals surface area contributed by atoms with Gasteiger partial charge in [-0.3, -0.25) is 4.79 Å². The summed E-state index contributed by atoms with van der Waals surface area (Å²) < 4.78 is 4.89. The molecule has 1 atom stereocenters. The fraction of sp³-hybridized carbons (Fsp3) is 0.542. The van der Waals surface area contributed by atoms with Crippen molar-refractivity contribution in [3.05, 3.63) is 60.8 Å². The van der Waals surface area contributed by atoms with Gasteiger partial charge in [-0.15, -0.1) is 0 Å². The molecule has 0 saturated heterocycles. The van der Waals surface area contributed by atoms with E-state index >= 15 is 0 Å². The molecule has 0 bridgehead atoms. The molecule has 1 N–H and O–H groups in total. The quantitative estimate of drug-likeness (QED) is 0.151. The summed E-state index contributed by atoms with van der Waals surface area (Å²) in [4.78, 5) is 11.2. The van der Waals surface area contributed by atoms with Crippen molar-refractivity contribution in [3.8, 4) is 0 Å². The van der Waals surface area contributed by atoms with Gasteiger partial charge in [0.25, 0.3) is 0 Å². The van der Waals surface area contributed by atoms with Crippen LogP contribution < -0.4 is 0 Å². The highest BCUT2D eigenvalue weighted by molar-refractivity contribution is 5.69. The van der Waals surface area contributed by atoms with Gasteiger partial charge in [0.05, 0.1) is 12.7 Å². The molecule has 0 saturated carbocycles. The summed E-state index contributed by atoms with van der Waals surface area (Å²) in [5, 5.41) is 9.88. The first-order valence-electron chi connectivity index (χ1n) is 10.3. The van der Waals surface area contributed by atoms with E-state index < -0.39 is 6.10 Å². The fourth-order valence-electron chi connectivity index (χ4n) is 2.34. The van der Waals surface area contributed by atoms with Gasteiger partial charge >= 0.3 is 5.97 Å². The second-order valence-corrected chi connectivity index (χ2v) is 6.31. The molecule has 0 rings (SSSR count). The van der Waals surface area contributed by atoms with Crippen LogP contribution in [0.3, 0.4) is 0 Å².